The molecule has 4 heteroatoms. The van der Waals surface area contributed by atoms with Gasteiger partial charge in [0.05, 0.1) is 6.61 Å². The summed E-state index contributed by atoms with van der Waals surface area (Å²) in [5.41, 5.74) is 12.6. The van der Waals surface area contributed by atoms with Crippen molar-refractivity contribution in [3.63, 3.8) is 0 Å². The van der Waals surface area contributed by atoms with Crippen molar-refractivity contribution in [1.29, 1.82) is 0 Å². The fourth-order valence-electron chi connectivity index (χ4n) is 1.85. The predicted molar refractivity (Wildman–Crippen MR) is 75.8 cm³/mol. The SMILES string of the molecule is CCOc1ccc(C[C@H](CN)N[C@@H](C)CN)cc1. The van der Waals surface area contributed by atoms with Gasteiger partial charge in [-0.25, -0.2) is 0 Å². The van der Waals surface area contributed by atoms with Crippen LogP contribution in [-0.2, 0) is 6.42 Å². The Labute approximate surface area is 110 Å². The molecule has 0 spiro atoms. The second-order valence-electron chi connectivity index (χ2n) is 4.52. The smallest absolute Gasteiger partial charge is 0.119 e. The van der Waals surface area contributed by atoms with E-state index in [2.05, 4.69) is 24.4 Å². The Morgan fingerprint density at radius 2 is 1.83 bits per heavy atom. The average molecular weight is 251 g/mol. The summed E-state index contributed by atoms with van der Waals surface area (Å²) in [7, 11) is 0. The Morgan fingerprint density at radius 3 is 2.33 bits per heavy atom. The summed E-state index contributed by atoms with van der Waals surface area (Å²) in [6, 6.07) is 8.73. The molecule has 1 aromatic rings. The minimum absolute atomic E-state index is 0.265. The largest absolute Gasteiger partial charge is 0.494 e. The normalized spacial score (nSPS) is 14.2. The molecule has 5 N–H and O–H groups in total. The van der Waals surface area contributed by atoms with Crippen LogP contribution in [0.3, 0.4) is 0 Å². The van der Waals surface area contributed by atoms with Crippen molar-refractivity contribution in [3.05, 3.63) is 29.8 Å². The first-order valence-electron chi connectivity index (χ1n) is 6.57. The van der Waals surface area contributed by atoms with E-state index in [0.29, 0.717) is 25.7 Å². The van der Waals surface area contributed by atoms with Crippen LogP contribution < -0.4 is 21.5 Å². The van der Waals surface area contributed by atoms with E-state index in [4.69, 9.17) is 16.2 Å². The zero-order valence-electron chi connectivity index (χ0n) is 11.4. The standard InChI is InChI=1S/C14H25N3O/c1-3-18-14-6-4-12(5-7-14)8-13(10-16)17-11(2)9-15/h4-7,11,13,17H,3,8-10,15-16H2,1-2H3/t11-,13+/m0/s1. The van der Waals surface area contributed by atoms with Crippen LogP contribution in [0, 0.1) is 0 Å². The third-order valence-electron chi connectivity index (χ3n) is 2.87. The highest BCUT2D eigenvalue weighted by Crippen LogP contribution is 2.13. The lowest BCUT2D eigenvalue weighted by Crippen LogP contribution is -2.45. The van der Waals surface area contributed by atoms with Gasteiger partial charge in [-0.05, 0) is 38.0 Å². The van der Waals surface area contributed by atoms with Crippen molar-refractivity contribution in [2.24, 2.45) is 11.5 Å². The molecule has 0 fully saturated rings. The molecule has 0 aliphatic carbocycles. The van der Waals surface area contributed by atoms with Crippen molar-refractivity contribution in [1.82, 2.24) is 5.32 Å². The summed E-state index contributed by atoms with van der Waals surface area (Å²) >= 11 is 0. The monoisotopic (exact) mass is 251 g/mol. The minimum atomic E-state index is 0.265. The summed E-state index contributed by atoms with van der Waals surface area (Å²) in [4.78, 5) is 0. The molecule has 102 valence electrons. The van der Waals surface area contributed by atoms with Crippen molar-refractivity contribution >= 4 is 0 Å². The molecule has 0 aromatic heterocycles. The van der Waals surface area contributed by atoms with E-state index in [0.717, 1.165) is 12.2 Å². The number of nitrogens with one attached hydrogen (secondary N) is 1. The number of rotatable bonds is 8. The van der Waals surface area contributed by atoms with Crippen LogP contribution in [0.25, 0.3) is 0 Å². The number of nitrogens with two attached hydrogens (primary N) is 2. The molecular formula is C14H25N3O. The lowest BCUT2D eigenvalue weighted by Gasteiger charge is -2.21. The van der Waals surface area contributed by atoms with E-state index in [1.807, 2.05) is 19.1 Å². The van der Waals surface area contributed by atoms with Gasteiger partial charge in [-0.15, -0.1) is 0 Å². The fraction of sp³-hybridized carbons (Fsp3) is 0.571. The molecule has 0 amide bonds. The van der Waals surface area contributed by atoms with Gasteiger partial charge in [0.2, 0.25) is 0 Å². The number of hydrogen-bond donors (Lipinski definition) is 3. The van der Waals surface area contributed by atoms with Gasteiger partial charge < -0.3 is 21.5 Å². The molecule has 1 rings (SSSR count). The molecule has 0 heterocycles. The molecular weight excluding hydrogens is 226 g/mol. The van der Waals surface area contributed by atoms with Crippen LogP contribution >= 0.6 is 0 Å². The van der Waals surface area contributed by atoms with Gasteiger partial charge in [0.25, 0.3) is 0 Å². The van der Waals surface area contributed by atoms with Crippen LogP contribution in [0.1, 0.15) is 19.4 Å². The predicted octanol–water partition coefficient (Wildman–Crippen LogP) is 0.892. The van der Waals surface area contributed by atoms with Crippen LogP contribution in [0.4, 0.5) is 0 Å². The molecule has 0 aliphatic rings. The summed E-state index contributed by atoms with van der Waals surface area (Å²) in [5.74, 6) is 0.911. The molecule has 0 bridgehead atoms. The third kappa shape index (κ3) is 5.04. The summed E-state index contributed by atoms with van der Waals surface area (Å²) < 4.78 is 5.42. The van der Waals surface area contributed by atoms with Gasteiger partial charge in [0.15, 0.2) is 0 Å². The molecule has 18 heavy (non-hydrogen) atoms. The summed E-state index contributed by atoms with van der Waals surface area (Å²) in [6.45, 7) is 5.98. The molecule has 0 aliphatic heterocycles. The van der Waals surface area contributed by atoms with Gasteiger partial charge in [0.1, 0.15) is 5.75 Å². The Kier molecular flexibility index (Phi) is 6.72. The molecule has 0 saturated carbocycles. The first-order chi connectivity index (χ1) is 8.69. The maximum absolute atomic E-state index is 5.77. The lowest BCUT2D eigenvalue weighted by molar-refractivity contribution is 0.340. The van der Waals surface area contributed by atoms with E-state index < -0.39 is 0 Å². The van der Waals surface area contributed by atoms with E-state index >= 15 is 0 Å². The Balaban J connectivity index is 2.53. The minimum Gasteiger partial charge on any atom is -0.494 e. The summed E-state index contributed by atoms with van der Waals surface area (Å²) in [5, 5.41) is 3.42. The highest BCUT2D eigenvalue weighted by atomic mass is 16.5. The summed E-state index contributed by atoms with van der Waals surface area (Å²) in [6.07, 6.45) is 0.910. The highest BCUT2D eigenvalue weighted by molar-refractivity contribution is 5.27. The number of benzene rings is 1. The van der Waals surface area contributed by atoms with Gasteiger partial charge in [-0.3, -0.25) is 0 Å². The topological polar surface area (TPSA) is 73.3 Å². The van der Waals surface area contributed by atoms with Crippen molar-refractivity contribution < 1.29 is 4.74 Å². The van der Waals surface area contributed by atoms with E-state index in [-0.39, 0.29) is 6.04 Å². The molecule has 1 aromatic carbocycles. The zero-order chi connectivity index (χ0) is 13.4. The van der Waals surface area contributed by atoms with Gasteiger partial charge in [-0.2, -0.15) is 0 Å². The second kappa shape index (κ2) is 8.08. The first-order valence-corrected chi connectivity index (χ1v) is 6.57. The zero-order valence-corrected chi connectivity index (χ0v) is 11.4. The van der Waals surface area contributed by atoms with Crippen molar-refractivity contribution in [3.8, 4) is 5.75 Å². The van der Waals surface area contributed by atoms with Gasteiger partial charge in [0, 0.05) is 25.2 Å². The van der Waals surface area contributed by atoms with Crippen LogP contribution in [0.5, 0.6) is 5.75 Å². The fourth-order valence-corrected chi connectivity index (χ4v) is 1.85. The number of ether oxygens (including phenoxy) is 1. The Hall–Kier alpha value is -1.10. The van der Waals surface area contributed by atoms with Crippen LogP contribution in [0.2, 0.25) is 0 Å². The Bertz CT molecular complexity index is 326. The molecule has 4 nitrogen and oxygen atoms in total. The molecule has 0 radical (unpaired) electrons. The molecule has 0 unspecified atom stereocenters. The molecule has 2 atom stereocenters. The van der Waals surface area contributed by atoms with Crippen molar-refractivity contribution in [2.45, 2.75) is 32.4 Å². The first kappa shape index (κ1) is 15.0. The van der Waals surface area contributed by atoms with Crippen LogP contribution in [-0.4, -0.2) is 31.8 Å². The van der Waals surface area contributed by atoms with E-state index in [9.17, 15) is 0 Å². The van der Waals surface area contributed by atoms with Crippen molar-refractivity contribution in [2.75, 3.05) is 19.7 Å². The van der Waals surface area contributed by atoms with E-state index in [1.54, 1.807) is 0 Å². The van der Waals surface area contributed by atoms with Gasteiger partial charge >= 0.3 is 0 Å². The average Bonchev–Trinajstić information content (AvgIpc) is 2.40. The van der Waals surface area contributed by atoms with Crippen LogP contribution in [0.15, 0.2) is 24.3 Å². The lowest BCUT2D eigenvalue weighted by atomic mass is 10.0. The van der Waals surface area contributed by atoms with Gasteiger partial charge in [-0.1, -0.05) is 12.1 Å². The maximum atomic E-state index is 5.77. The van der Waals surface area contributed by atoms with E-state index in [1.165, 1.54) is 5.56 Å². The number of hydrogen-bond acceptors (Lipinski definition) is 4. The second-order valence-corrected chi connectivity index (χ2v) is 4.52. The molecule has 0 saturated heterocycles. The Morgan fingerprint density at radius 1 is 1.17 bits per heavy atom. The highest BCUT2D eigenvalue weighted by Gasteiger charge is 2.10. The maximum Gasteiger partial charge on any atom is 0.119 e. The quantitative estimate of drug-likeness (QED) is 0.641. The third-order valence-corrected chi connectivity index (χ3v) is 2.87.